The summed E-state index contributed by atoms with van der Waals surface area (Å²) >= 11 is 0. The molecule has 4 heterocycles. The second kappa shape index (κ2) is 7.98. The van der Waals surface area contributed by atoms with E-state index in [4.69, 9.17) is 10.8 Å². The van der Waals surface area contributed by atoms with Crippen LogP contribution in [-0.4, -0.2) is 48.3 Å². The molecule has 0 spiro atoms. The monoisotopic (exact) mass is 451 g/mol. The molecular formula is C26H25N7O. The Bertz CT molecular complexity index is 1520. The van der Waals surface area contributed by atoms with Crippen molar-refractivity contribution in [2.45, 2.75) is 25.8 Å². The highest BCUT2D eigenvalue weighted by molar-refractivity contribution is 5.92. The van der Waals surface area contributed by atoms with Crippen LogP contribution in [0, 0.1) is 0 Å². The fourth-order valence-electron chi connectivity index (χ4n) is 4.98. The maximum Gasteiger partial charge on any atom is 0.219 e. The van der Waals surface area contributed by atoms with E-state index >= 15 is 0 Å². The van der Waals surface area contributed by atoms with E-state index in [0.29, 0.717) is 12.4 Å². The molecule has 34 heavy (non-hydrogen) atoms. The lowest BCUT2D eigenvalue weighted by Crippen LogP contribution is -2.25. The molecule has 170 valence electrons. The number of benzene rings is 2. The maximum atomic E-state index is 11.9. The van der Waals surface area contributed by atoms with Gasteiger partial charge in [-0.1, -0.05) is 42.5 Å². The zero-order chi connectivity index (χ0) is 23.2. The second-order valence-corrected chi connectivity index (χ2v) is 8.93. The lowest BCUT2D eigenvalue weighted by Gasteiger charge is -2.13. The average molecular weight is 452 g/mol. The van der Waals surface area contributed by atoms with Gasteiger partial charge in [0.1, 0.15) is 11.8 Å². The van der Waals surface area contributed by atoms with Crippen molar-refractivity contribution in [2.75, 3.05) is 18.8 Å². The molecule has 1 atom stereocenters. The molecule has 8 nitrogen and oxygen atoms in total. The van der Waals surface area contributed by atoms with Gasteiger partial charge >= 0.3 is 0 Å². The number of amides is 1. The summed E-state index contributed by atoms with van der Waals surface area (Å²) in [6.07, 6.45) is 4.46. The highest BCUT2D eigenvalue weighted by Crippen LogP contribution is 2.37. The minimum Gasteiger partial charge on any atom is -0.382 e. The Hall–Kier alpha value is -4.20. The van der Waals surface area contributed by atoms with E-state index in [-0.39, 0.29) is 11.8 Å². The number of nitrogen functional groups attached to an aromatic ring is 1. The zero-order valence-electron chi connectivity index (χ0n) is 18.9. The lowest BCUT2D eigenvalue weighted by molar-refractivity contribution is -0.127. The van der Waals surface area contributed by atoms with Crippen molar-refractivity contribution >= 4 is 28.1 Å². The SMILES string of the molecule is CC(=O)N1CCC(c2cc(-c3ccc4cn(Cc5ccccc5)nc4c3)c3c(N)ncnn23)C1. The molecule has 1 unspecified atom stereocenters. The molecule has 2 aromatic carbocycles. The second-order valence-electron chi connectivity index (χ2n) is 8.93. The van der Waals surface area contributed by atoms with E-state index < -0.39 is 0 Å². The van der Waals surface area contributed by atoms with E-state index in [9.17, 15) is 4.79 Å². The van der Waals surface area contributed by atoms with Gasteiger partial charge in [0.05, 0.1) is 12.1 Å². The normalized spacial score (nSPS) is 16.0. The van der Waals surface area contributed by atoms with Gasteiger partial charge in [-0.05, 0) is 29.7 Å². The molecule has 3 aromatic heterocycles. The number of likely N-dealkylation sites (tertiary alicyclic amines) is 1. The van der Waals surface area contributed by atoms with Crippen LogP contribution in [0.25, 0.3) is 27.5 Å². The summed E-state index contributed by atoms with van der Waals surface area (Å²) in [7, 11) is 0. The third-order valence-electron chi connectivity index (χ3n) is 6.72. The van der Waals surface area contributed by atoms with Crippen LogP contribution in [0.4, 0.5) is 5.82 Å². The molecule has 2 N–H and O–H groups in total. The first kappa shape index (κ1) is 20.4. The minimum atomic E-state index is 0.106. The van der Waals surface area contributed by atoms with Crippen molar-refractivity contribution in [1.29, 1.82) is 0 Å². The summed E-state index contributed by atoms with van der Waals surface area (Å²) in [5.74, 6) is 0.745. The van der Waals surface area contributed by atoms with Crippen LogP contribution < -0.4 is 5.73 Å². The number of hydrogen-bond donors (Lipinski definition) is 1. The van der Waals surface area contributed by atoms with Crippen LogP contribution in [0.15, 0.2) is 67.1 Å². The fourth-order valence-corrected chi connectivity index (χ4v) is 4.98. The van der Waals surface area contributed by atoms with Crippen LogP contribution in [0.5, 0.6) is 0 Å². The predicted octanol–water partition coefficient (Wildman–Crippen LogP) is 3.71. The first-order chi connectivity index (χ1) is 16.6. The van der Waals surface area contributed by atoms with Crippen molar-refractivity contribution in [2.24, 2.45) is 0 Å². The van der Waals surface area contributed by atoms with Gasteiger partial charge in [-0.2, -0.15) is 10.2 Å². The highest BCUT2D eigenvalue weighted by atomic mass is 16.2. The molecular weight excluding hydrogens is 426 g/mol. The number of fused-ring (bicyclic) bond motifs is 2. The summed E-state index contributed by atoms with van der Waals surface area (Å²) < 4.78 is 3.86. The molecule has 1 aliphatic heterocycles. The van der Waals surface area contributed by atoms with Crippen LogP contribution in [0.3, 0.4) is 0 Å². The van der Waals surface area contributed by atoms with Gasteiger partial charge < -0.3 is 10.6 Å². The van der Waals surface area contributed by atoms with Gasteiger partial charge in [-0.15, -0.1) is 0 Å². The van der Waals surface area contributed by atoms with Crippen molar-refractivity contribution in [3.05, 3.63) is 78.4 Å². The average Bonchev–Trinajstić information content (AvgIpc) is 3.56. The number of nitrogens with zero attached hydrogens (tertiary/aromatic N) is 6. The Morgan fingerprint density at radius 2 is 2.00 bits per heavy atom. The Morgan fingerprint density at radius 1 is 1.15 bits per heavy atom. The summed E-state index contributed by atoms with van der Waals surface area (Å²) in [6, 6.07) is 18.7. The molecule has 0 radical (unpaired) electrons. The van der Waals surface area contributed by atoms with E-state index in [0.717, 1.165) is 52.8 Å². The number of nitrogens with two attached hydrogens (primary N) is 1. The molecule has 0 aliphatic carbocycles. The molecule has 8 heteroatoms. The number of carbonyl (C=O) groups is 1. The molecule has 1 saturated heterocycles. The van der Waals surface area contributed by atoms with E-state index in [1.165, 1.54) is 11.9 Å². The smallest absolute Gasteiger partial charge is 0.219 e. The van der Waals surface area contributed by atoms with Crippen molar-refractivity contribution in [3.8, 4) is 11.1 Å². The van der Waals surface area contributed by atoms with Gasteiger partial charge in [0.25, 0.3) is 0 Å². The molecule has 6 rings (SSSR count). The van der Waals surface area contributed by atoms with Crippen LogP contribution in [0.1, 0.15) is 30.5 Å². The van der Waals surface area contributed by atoms with Crippen molar-refractivity contribution < 1.29 is 4.79 Å². The first-order valence-electron chi connectivity index (χ1n) is 11.5. The molecule has 1 amide bonds. The molecule has 0 saturated carbocycles. The molecule has 5 aromatic rings. The number of anilines is 1. The third kappa shape index (κ3) is 3.48. The Kier molecular flexibility index (Phi) is 4.79. The first-order valence-corrected chi connectivity index (χ1v) is 11.5. The van der Waals surface area contributed by atoms with Gasteiger partial charge in [0.15, 0.2) is 5.82 Å². The highest BCUT2D eigenvalue weighted by Gasteiger charge is 2.29. The van der Waals surface area contributed by atoms with Crippen LogP contribution in [-0.2, 0) is 11.3 Å². The molecule has 1 fully saturated rings. The standard InChI is InChI=1S/C26H25N7O/c1-17(34)31-10-9-21(14-31)24-12-22(25-26(27)28-16-29-33(24)25)19-7-8-20-15-32(30-23(20)11-19)13-18-5-3-2-4-6-18/h2-8,11-12,15-16,21H,9-10,13-14H2,1H3,(H2,27,28,29). The van der Waals surface area contributed by atoms with Crippen molar-refractivity contribution in [1.82, 2.24) is 29.3 Å². The number of aromatic nitrogens is 5. The van der Waals surface area contributed by atoms with Crippen LogP contribution in [0.2, 0.25) is 0 Å². The van der Waals surface area contributed by atoms with Crippen LogP contribution >= 0.6 is 0 Å². The quantitative estimate of drug-likeness (QED) is 0.450. The number of hydrogen-bond acceptors (Lipinski definition) is 5. The van der Waals surface area contributed by atoms with Gasteiger partial charge in [-0.3, -0.25) is 9.48 Å². The molecule has 0 bridgehead atoms. The maximum absolute atomic E-state index is 11.9. The zero-order valence-corrected chi connectivity index (χ0v) is 18.9. The topological polar surface area (TPSA) is 94.3 Å². The lowest BCUT2D eigenvalue weighted by atomic mass is 10.0. The summed E-state index contributed by atoms with van der Waals surface area (Å²) in [5, 5.41) is 10.4. The van der Waals surface area contributed by atoms with Gasteiger partial charge in [0, 0.05) is 48.8 Å². The Morgan fingerprint density at radius 3 is 2.79 bits per heavy atom. The van der Waals surface area contributed by atoms with E-state index in [1.807, 2.05) is 32.3 Å². The third-order valence-corrected chi connectivity index (χ3v) is 6.72. The summed E-state index contributed by atoms with van der Waals surface area (Å²) in [5.41, 5.74) is 12.3. The molecule has 1 aliphatic rings. The predicted molar refractivity (Wildman–Crippen MR) is 131 cm³/mol. The largest absolute Gasteiger partial charge is 0.382 e. The van der Waals surface area contributed by atoms with E-state index in [1.54, 1.807) is 6.92 Å². The van der Waals surface area contributed by atoms with Crippen molar-refractivity contribution in [3.63, 3.8) is 0 Å². The Labute approximate surface area is 196 Å². The van der Waals surface area contributed by atoms with Gasteiger partial charge in [-0.25, -0.2) is 9.50 Å². The minimum absolute atomic E-state index is 0.106. The van der Waals surface area contributed by atoms with E-state index in [2.05, 4.69) is 52.7 Å². The number of rotatable bonds is 4. The fraction of sp³-hybridized carbons (Fsp3) is 0.231. The summed E-state index contributed by atoms with van der Waals surface area (Å²) in [6.45, 7) is 3.79. The van der Waals surface area contributed by atoms with Gasteiger partial charge in [0.2, 0.25) is 5.91 Å². The summed E-state index contributed by atoms with van der Waals surface area (Å²) in [4.78, 5) is 18.0. The number of carbonyl (C=O) groups excluding carboxylic acids is 1. The Balaban J connectivity index is 1.41.